The lowest BCUT2D eigenvalue weighted by atomic mass is 10.2. The minimum Gasteiger partial charge on any atom is -0.485 e. The molecule has 1 aromatic carbocycles. The van der Waals surface area contributed by atoms with Crippen LogP contribution in [-0.2, 0) is 13.7 Å². The van der Waals surface area contributed by atoms with Crippen LogP contribution in [0, 0.1) is 6.92 Å². The number of aromatic nitrogens is 3. The van der Waals surface area contributed by atoms with Crippen molar-refractivity contribution < 1.29 is 4.74 Å². The molecule has 0 aliphatic heterocycles. The lowest BCUT2D eigenvalue weighted by molar-refractivity contribution is 0.288. The number of rotatable bonds is 3. The van der Waals surface area contributed by atoms with Crippen LogP contribution in [0.4, 0.5) is 5.69 Å². The number of nitrogens with two attached hydrogens (primary N) is 1. The second-order valence-electron chi connectivity index (χ2n) is 3.61. The van der Waals surface area contributed by atoms with Crippen molar-refractivity contribution >= 4 is 5.69 Å². The molecule has 1 aromatic heterocycles. The van der Waals surface area contributed by atoms with E-state index in [4.69, 9.17) is 10.5 Å². The molecule has 0 radical (unpaired) electrons. The minimum atomic E-state index is 0.404. The van der Waals surface area contributed by atoms with Gasteiger partial charge in [-0.1, -0.05) is 0 Å². The molecule has 2 rings (SSSR count). The van der Waals surface area contributed by atoms with Crippen molar-refractivity contribution in [3.05, 3.63) is 35.9 Å². The molecule has 0 saturated heterocycles. The summed E-state index contributed by atoms with van der Waals surface area (Å²) in [5.74, 6) is 1.61. The van der Waals surface area contributed by atoms with Crippen molar-refractivity contribution in [3.63, 3.8) is 0 Å². The molecule has 5 nitrogen and oxygen atoms in total. The number of hydrogen-bond acceptors (Lipinski definition) is 4. The zero-order valence-corrected chi connectivity index (χ0v) is 9.34. The van der Waals surface area contributed by atoms with Crippen molar-refractivity contribution in [3.8, 4) is 5.75 Å². The molecule has 1 heterocycles. The fraction of sp³-hybridized carbons (Fsp3) is 0.273. The van der Waals surface area contributed by atoms with Gasteiger partial charge in [0.15, 0.2) is 5.82 Å². The van der Waals surface area contributed by atoms with E-state index >= 15 is 0 Å². The fourth-order valence-corrected chi connectivity index (χ4v) is 1.43. The van der Waals surface area contributed by atoms with Crippen LogP contribution >= 0.6 is 0 Å². The average Bonchev–Trinajstić information content (AvgIpc) is 2.63. The summed E-state index contributed by atoms with van der Waals surface area (Å²) in [4.78, 5) is 4.08. The lowest BCUT2D eigenvalue weighted by Gasteiger charge is -2.08. The van der Waals surface area contributed by atoms with Gasteiger partial charge in [-0.3, -0.25) is 4.68 Å². The van der Waals surface area contributed by atoms with Crippen molar-refractivity contribution in [1.29, 1.82) is 0 Å². The van der Waals surface area contributed by atoms with E-state index < -0.39 is 0 Å². The molecule has 5 heteroatoms. The second kappa shape index (κ2) is 4.22. The van der Waals surface area contributed by atoms with Gasteiger partial charge in [0.25, 0.3) is 0 Å². The van der Waals surface area contributed by atoms with E-state index in [2.05, 4.69) is 10.1 Å². The number of nitrogen functional groups attached to an aromatic ring is 1. The third kappa shape index (κ3) is 2.13. The maximum Gasteiger partial charge on any atom is 0.164 e. The molecular formula is C11H14N4O. The topological polar surface area (TPSA) is 66.0 Å². The molecule has 0 saturated carbocycles. The van der Waals surface area contributed by atoms with Crippen LogP contribution < -0.4 is 10.5 Å². The smallest absolute Gasteiger partial charge is 0.164 e. The van der Waals surface area contributed by atoms with Crippen LogP contribution in [-0.4, -0.2) is 14.8 Å². The lowest BCUT2D eigenvalue weighted by Crippen LogP contribution is -2.05. The average molecular weight is 218 g/mol. The number of anilines is 1. The summed E-state index contributed by atoms with van der Waals surface area (Å²) < 4.78 is 7.33. The highest BCUT2D eigenvalue weighted by Gasteiger charge is 2.03. The molecule has 0 aliphatic rings. The normalized spacial score (nSPS) is 10.4. The Balaban J connectivity index is 2.08. The first-order valence-electron chi connectivity index (χ1n) is 4.98. The zero-order chi connectivity index (χ0) is 11.5. The quantitative estimate of drug-likeness (QED) is 0.788. The third-order valence-corrected chi connectivity index (χ3v) is 2.36. The molecule has 0 aliphatic carbocycles. The summed E-state index contributed by atoms with van der Waals surface area (Å²) >= 11 is 0. The number of nitrogens with zero attached hydrogens (tertiary/aromatic N) is 3. The molecule has 0 unspecified atom stereocenters. The van der Waals surface area contributed by atoms with Gasteiger partial charge in [-0.2, -0.15) is 5.10 Å². The molecule has 0 fully saturated rings. The SMILES string of the molecule is Cc1cc(N)ccc1OCc1ncnn1C. The van der Waals surface area contributed by atoms with E-state index in [1.54, 1.807) is 4.68 Å². The van der Waals surface area contributed by atoms with Crippen molar-refractivity contribution in [2.24, 2.45) is 7.05 Å². The number of ether oxygens (including phenoxy) is 1. The van der Waals surface area contributed by atoms with Crippen molar-refractivity contribution in [2.75, 3.05) is 5.73 Å². The predicted octanol–water partition coefficient (Wildman–Crippen LogP) is 1.28. The predicted molar refractivity (Wildman–Crippen MR) is 60.9 cm³/mol. The first-order valence-corrected chi connectivity index (χ1v) is 4.98. The van der Waals surface area contributed by atoms with Gasteiger partial charge in [0.1, 0.15) is 18.7 Å². The summed E-state index contributed by atoms with van der Waals surface area (Å²) in [7, 11) is 1.83. The van der Waals surface area contributed by atoms with Gasteiger partial charge in [-0.15, -0.1) is 0 Å². The van der Waals surface area contributed by atoms with E-state index in [1.807, 2.05) is 32.2 Å². The van der Waals surface area contributed by atoms with Gasteiger partial charge in [-0.05, 0) is 30.7 Å². The Morgan fingerprint density at radius 3 is 2.88 bits per heavy atom. The highest BCUT2D eigenvalue weighted by molar-refractivity contribution is 5.47. The summed E-state index contributed by atoms with van der Waals surface area (Å²) in [6, 6.07) is 5.56. The van der Waals surface area contributed by atoms with Crippen LogP contribution in [0.5, 0.6) is 5.75 Å². The van der Waals surface area contributed by atoms with Gasteiger partial charge in [0.2, 0.25) is 0 Å². The molecule has 2 aromatic rings. The van der Waals surface area contributed by atoms with E-state index in [-0.39, 0.29) is 0 Å². The molecule has 0 bridgehead atoms. The molecule has 84 valence electrons. The summed E-state index contributed by atoms with van der Waals surface area (Å²) in [6.07, 6.45) is 1.51. The molecular weight excluding hydrogens is 204 g/mol. The Morgan fingerprint density at radius 1 is 1.44 bits per heavy atom. The summed E-state index contributed by atoms with van der Waals surface area (Å²) in [6.45, 7) is 2.36. The summed E-state index contributed by atoms with van der Waals surface area (Å²) in [5, 5.41) is 3.97. The van der Waals surface area contributed by atoms with E-state index in [9.17, 15) is 0 Å². The highest BCUT2D eigenvalue weighted by Crippen LogP contribution is 2.20. The van der Waals surface area contributed by atoms with Crippen LogP contribution in [0.25, 0.3) is 0 Å². The Bertz CT molecular complexity index is 492. The Labute approximate surface area is 93.9 Å². The van der Waals surface area contributed by atoms with Crippen LogP contribution in [0.3, 0.4) is 0 Å². The maximum absolute atomic E-state index is 5.66. The van der Waals surface area contributed by atoms with E-state index in [0.29, 0.717) is 6.61 Å². The number of benzene rings is 1. The van der Waals surface area contributed by atoms with E-state index in [0.717, 1.165) is 22.8 Å². The van der Waals surface area contributed by atoms with Gasteiger partial charge < -0.3 is 10.5 Å². The largest absolute Gasteiger partial charge is 0.485 e. The van der Waals surface area contributed by atoms with Crippen LogP contribution in [0.1, 0.15) is 11.4 Å². The van der Waals surface area contributed by atoms with Gasteiger partial charge in [0.05, 0.1) is 0 Å². The molecule has 0 atom stereocenters. The first-order chi connectivity index (χ1) is 7.66. The monoisotopic (exact) mass is 218 g/mol. The van der Waals surface area contributed by atoms with Crippen molar-refractivity contribution in [1.82, 2.24) is 14.8 Å². The fourth-order valence-electron chi connectivity index (χ4n) is 1.43. The van der Waals surface area contributed by atoms with Crippen LogP contribution in [0.15, 0.2) is 24.5 Å². The first kappa shape index (κ1) is 10.5. The maximum atomic E-state index is 5.66. The Morgan fingerprint density at radius 2 is 2.25 bits per heavy atom. The minimum absolute atomic E-state index is 0.404. The second-order valence-corrected chi connectivity index (χ2v) is 3.61. The molecule has 2 N–H and O–H groups in total. The number of hydrogen-bond donors (Lipinski definition) is 1. The standard InChI is InChI=1S/C11H14N4O/c1-8-5-9(12)3-4-10(8)16-6-11-13-7-14-15(11)2/h3-5,7H,6,12H2,1-2H3. The molecule has 16 heavy (non-hydrogen) atoms. The summed E-state index contributed by atoms with van der Waals surface area (Å²) in [5.41, 5.74) is 7.42. The Kier molecular flexibility index (Phi) is 2.76. The highest BCUT2D eigenvalue weighted by atomic mass is 16.5. The Hall–Kier alpha value is -2.04. The van der Waals surface area contributed by atoms with Crippen molar-refractivity contribution in [2.45, 2.75) is 13.5 Å². The zero-order valence-electron chi connectivity index (χ0n) is 9.34. The molecule has 0 amide bonds. The third-order valence-electron chi connectivity index (χ3n) is 2.36. The van der Waals surface area contributed by atoms with Gasteiger partial charge in [-0.25, -0.2) is 4.98 Å². The van der Waals surface area contributed by atoms with Gasteiger partial charge >= 0.3 is 0 Å². The molecule has 0 spiro atoms. The number of aryl methyl sites for hydroxylation is 2. The van der Waals surface area contributed by atoms with Gasteiger partial charge in [0, 0.05) is 12.7 Å². The van der Waals surface area contributed by atoms with E-state index in [1.165, 1.54) is 6.33 Å². The van der Waals surface area contributed by atoms with Crippen LogP contribution in [0.2, 0.25) is 0 Å².